The highest BCUT2D eigenvalue weighted by Crippen LogP contribution is 2.08. The molecule has 0 aromatic carbocycles. The molecule has 5 heteroatoms. The molecule has 1 N–H and O–H groups in total. The second-order valence-corrected chi connectivity index (χ2v) is 12.3. The summed E-state index contributed by atoms with van der Waals surface area (Å²) in [7, 11) is 0. The second-order valence-electron chi connectivity index (χ2n) is 12.3. The van der Waals surface area contributed by atoms with Gasteiger partial charge in [0.05, 0.1) is 6.61 Å². The number of carbonyl (C=O) groups is 2. The van der Waals surface area contributed by atoms with Crippen LogP contribution in [0.4, 0.5) is 0 Å². The third-order valence-electron chi connectivity index (χ3n) is 7.55. The molecule has 0 radical (unpaired) electrons. The Labute approximate surface area is 306 Å². The van der Waals surface area contributed by atoms with Gasteiger partial charge in [0.1, 0.15) is 6.61 Å². The number of hydrogen-bond acceptors (Lipinski definition) is 5. The predicted molar refractivity (Wildman–Crippen MR) is 214 cm³/mol. The van der Waals surface area contributed by atoms with E-state index >= 15 is 0 Å². The Hall–Kier alpha value is -3.44. The Morgan fingerprint density at radius 2 is 0.880 bits per heavy atom. The van der Waals surface area contributed by atoms with Crippen LogP contribution in [0.5, 0.6) is 0 Å². The molecule has 0 saturated heterocycles. The molecule has 0 bridgehead atoms. The van der Waals surface area contributed by atoms with Gasteiger partial charge in [0.15, 0.2) is 6.10 Å². The summed E-state index contributed by atoms with van der Waals surface area (Å²) < 4.78 is 10.5. The van der Waals surface area contributed by atoms with E-state index in [2.05, 4.69) is 123 Å². The first-order chi connectivity index (χ1) is 24.6. The molecule has 0 amide bonds. The lowest BCUT2D eigenvalue weighted by Crippen LogP contribution is -2.28. The Morgan fingerprint density at radius 1 is 0.480 bits per heavy atom. The van der Waals surface area contributed by atoms with E-state index in [4.69, 9.17) is 9.47 Å². The van der Waals surface area contributed by atoms with Crippen molar-refractivity contribution in [1.29, 1.82) is 0 Å². The van der Waals surface area contributed by atoms with Gasteiger partial charge in [-0.15, -0.1) is 0 Å². The van der Waals surface area contributed by atoms with Crippen molar-refractivity contribution in [3.8, 4) is 0 Å². The van der Waals surface area contributed by atoms with Crippen LogP contribution in [0.15, 0.2) is 109 Å². The van der Waals surface area contributed by atoms with Gasteiger partial charge in [0, 0.05) is 12.8 Å². The van der Waals surface area contributed by atoms with E-state index in [1.165, 1.54) is 25.7 Å². The summed E-state index contributed by atoms with van der Waals surface area (Å²) in [4.78, 5) is 24.2. The van der Waals surface area contributed by atoms with Gasteiger partial charge in [-0.3, -0.25) is 9.59 Å². The molecule has 5 nitrogen and oxygen atoms in total. The first kappa shape index (κ1) is 46.6. The number of esters is 2. The van der Waals surface area contributed by atoms with Crippen LogP contribution >= 0.6 is 0 Å². The Bertz CT molecular complexity index is 1050. The van der Waals surface area contributed by atoms with Crippen LogP contribution < -0.4 is 0 Å². The van der Waals surface area contributed by atoms with Gasteiger partial charge in [-0.2, -0.15) is 0 Å². The van der Waals surface area contributed by atoms with Crippen molar-refractivity contribution in [3.63, 3.8) is 0 Å². The number of ether oxygens (including phenoxy) is 2. The monoisotopic (exact) mass is 691 g/mol. The number of aliphatic hydroxyl groups is 1. The van der Waals surface area contributed by atoms with Crippen molar-refractivity contribution in [2.45, 2.75) is 148 Å². The van der Waals surface area contributed by atoms with Crippen LogP contribution in [0, 0.1) is 0 Å². The first-order valence-corrected chi connectivity index (χ1v) is 19.4. The van der Waals surface area contributed by atoms with Crippen LogP contribution in [-0.4, -0.2) is 36.4 Å². The van der Waals surface area contributed by atoms with Crippen molar-refractivity contribution in [3.05, 3.63) is 109 Å². The van der Waals surface area contributed by atoms with E-state index in [0.717, 1.165) is 83.5 Å². The van der Waals surface area contributed by atoms with Crippen molar-refractivity contribution in [2.75, 3.05) is 13.2 Å². The smallest absolute Gasteiger partial charge is 0.306 e. The molecule has 0 fully saturated rings. The normalized spacial score (nSPS) is 13.4. The predicted octanol–water partition coefficient (Wildman–Crippen LogP) is 12.3. The standard InChI is InChI=1S/C45H70O5/c1-3-5-7-9-11-13-15-17-19-21-22-24-25-27-29-31-33-35-37-39-44(47)49-42-43(41-46)50-45(48)40-38-36-34-32-30-28-26-23-20-18-16-14-12-10-8-6-4-2/h5,7,11-14,17-20,22,24,26-29,32,34,43,46H,3-4,6,8-10,15-16,21,23,25,30-31,33,35-42H2,1-2H3/b7-5-,13-11-,14-12-,19-17-,20-18-,24-22-,28-26-,29-27-,34-32-/t43-/m0/s1. The minimum absolute atomic E-state index is 0.113. The molecule has 0 aromatic rings. The molecule has 0 aliphatic heterocycles. The van der Waals surface area contributed by atoms with Crippen LogP contribution in [0.2, 0.25) is 0 Å². The largest absolute Gasteiger partial charge is 0.462 e. The molecule has 0 spiro atoms. The van der Waals surface area contributed by atoms with Crippen molar-refractivity contribution < 1.29 is 24.2 Å². The maximum Gasteiger partial charge on any atom is 0.306 e. The number of unbranched alkanes of at least 4 members (excludes halogenated alkanes) is 7. The van der Waals surface area contributed by atoms with E-state index < -0.39 is 6.10 Å². The van der Waals surface area contributed by atoms with Gasteiger partial charge < -0.3 is 14.6 Å². The quantitative estimate of drug-likeness (QED) is 0.0421. The topological polar surface area (TPSA) is 72.8 Å². The Kier molecular flexibility index (Phi) is 37.2. The zero-order chi connectivity index (χ0) is 36.4. The highest BCUT2D eigenvalue weighted by Gasteiger charge is 2.15. The summed E-state index contributed by atoms with van der Waals surface area (Å²) in [5.74, 6) is -0.707. The maximum absolute atomic E-state index is 12.1. The minimum Gasteiger partial charge on any atom is -0.462 e. The third-order valence-corrected chi connectivity index (χ3v) is 7.55. The SMILES string of the molecule is CC/C=C\C/C=C\C/C=C\C/C=C\C/C=C\CCCCCC(=O)OC[C@H](CO)OC(=O)CCC/C=C\C/C=C\C/C=C\C/C=C\CCCCC. The van der Waals surface area contributed by atoms with E-state index in [-0.39, 0.29) is 31.6 Å². The fourth-order valence-electron chi connectivity index (χ4n) is 4.63. The molecule has 0 saturated carbocycles. The van der Waals surface area contributed by atoms with Crippen LogP contribution in [-0.2, 0) is 19.1 Å². The van der Waals surface area contributed by atoms with Gasteiger partial charge in [-0.05, 0) is 96.3 Å². The first-order valence-electron chi connectivity index (χ1n) is 19.4. The van der Waals surface area contributed by atoms with Gasteiger partial charge in [-0.25, -0.2) is 0 Å². The summed E-state index contributed by atoms with van der Waals surface area (Å²) in [5.41, 5.74) is 0. The van der Waals surface area contributed by atoms with Gasteiger partial charge in [-0.1, -0.05) is 142 Å². The molecule has 0 aliphatic rings. The molecular weight excluding hydrogens is 620 g/mol. The summed E-state index contributed by atoms with van der Waals surface area (Å²) >= 11 is 0. The lowest BCUT2D eigenvalue weighted by Gasteiger charge is -2.15. The zero-order valence-corrected chi connectivity index (χ0v) is 31.6. The average Bonchev–Trinajstić information content (AvgIpc) is 3.12. The number of allylic oxidation sites excluding steroid dienone is 18. The molecule has 0 aromatic heterocycles. The van der Waals surface area contributed by atoms with Crippen LogP contribution in [0.25, 0.3) is 0 Å². The zero-order valence-electron chi connectivity index (χ0n) is 31.6. The molecule has 0 heterocycles. The van der Waals surface area contributed by atoms with E-state index in [1.54, 1.807) is 0 Å². The van der Waals surface area contributed by atoms with Crippen molar-refractivity contribution in [2.24, 2.45) is 0 Å². The van der Waals surface area contributed by atoms with Gasteiger partial charge >= 0.3 is 11.9 Å². The van der Waals surface area contributed by atoms with E-state index in [9.17, 15) is 14.7 Å². The lowest BCUT2D eigenvalue weighted by atomic mass is 10.1. The highest BCUT2D eigenvalue weighted by atomic mass is 16.6. The minimum atomic E-state index is -0.821. The van der Waals surface area contributed by atoms with E-state index in [1.807, 2.05) is 0 Å². The number of carbonyl (C=O) groups excluding carboxylic acids is 2. The molecule has 0 rings (SSSR count). The fourth-order valence-corrected chi connectivity index (χ4v) is 4.63. The van der Waals surface area contributed by atoms with Crippen LogP contribution in [0.1, 0.15) is 142 Å². The maximum atomic E-state index is 12.1. The average molecular weight is 691 g/mol. The number of aliphatic hydroxyl groups excluding tert-OH is 1. The molecule has 50 heavy (non-hydrogen) atoms. The molecule has 0 aliphatic carbocycles. The Balaban J connectivity index is 3.77. The third kappa shape index (κ3) is 37.4. The number of rotatable bonds is 33. The second kappa shape index (κ2) is 40.0. The molecule has 1 atom stereocenters. The van der Waals surface area contributed by atoms with E-state index in [0.29, 0.717) is 12.8 Å². The van der Waals surface area contributed by atoms with Gasteiger partial charge in [0.2, 0.25) is 0 Å². The molecular formula is C45H70O5. The fraction of sp³-hybridized carbons (Fsp3) is 0.556. The summed E-state index contributed by atoms with van der Waals surface area (Å²) in [6, 6.07) is 0. The molecule has 0 unspecified atom stereocenters. The highest BCUT2D eigenvalue weighted by molar-refractivity contribution is 5.70. The summed E-state index contributed by atoms with van der Waals surface area (Å²) in [6.07, 6.45) is 57.2. The van der Waals surface area contributed by atoms with Gasteiger partial charge in [0.25, 0.3) is 0 Å². The summed E-state index contributed by atoms with van der Waals surface area (Å²) in [6.45, 7) is 3.89. The lowest BCUT2D eigenvalue weighted by molar-refractivity contribution is -0.161. The van der Waals surface area contributed by atoms with Crippen LogP contribution in [0.3, 0.4) is 0 Å². The number of hydrogen-bond donors (Lipinski definition) is 1. The molecule has 280 valence electrons. The van der Waals surface area contributed by atoms with Crippen molar-refractivity contribution in [1.82, 2.24) is 0 Å². The van der Waals surface area contributed by atoms with Crippen molar-refractivity contribution >= 4 is 11.9 Å². The Morgan fingerprint density at radius 3 is 1.32 bits per heavy atom. The summed E-state index contributed by atoms with van der Waals surface area (Å²) in [5, 5.41) is 9.54.